The molecule has 1 unspecified atom stereocenters. The Labute approximate surface area is 153 Å². The van der Waals surface area contributed by atoms with Gasteiger partial charge < -0.3 is 15.1 Å². The van der Waals surface area contributed by atoms with Gasteiger partial charge in [-0.1, -0.05) is 18.2 Å². The van der Waals surface area contributed by atoms with E-state index < -0.39 is 0 Å². The van der Waals surface area contributed by atoms with E-state index in [4.69, 9.17) is 0 Å². The average Bonchev–Trinajstić information content (AvgIpc) is 2.69. The number of benzene rings is 1. The highest BCUT2D eigenvalue weighted by atomic mass is 32.2. The molecule has 4 rings (SSSR count). The number of para-hydroxylation sites is 1. The normalized spacial score (nSPS) is 20.3. The molecule has 1 aromatic heterocycles. The summed E-state index contributed by atoms with van der Waals surface area (Å²) in [6.07, 6.45) is 2.85. The zero-order valence-corrected chi connectivity index (χ0v) is 15.5. The Balaban J connectivity index is 1.44. The summed E-state index contributed by atoms with van der Waals surface area (Å²) in [4.78, 5) is 13.6. The number of nitrogens with zero attached hydrogens (tertiary/aromatic N) is 4. The number of hydrogen-bond donors (Lipinski definition) is 1. The van der Waals surface area contributed by atoms with Crippen LogP contribution in [0.15, 0.2) is 36.7 Å². The summed E-state index contributed by atoms with van der Waals surface area (Å²) >= 11 is 2.02. The summed E-state index contributed by atoms with van der Waals surface area (Å²) in [5, 5.41) is 3.55. The van der Waals surface area contributed by atoms with Crippen molar-refractivity contribution in [3.63, 3.8) is 0 Å². The molecule has 0 amide bonds. The van der Waals surface area contributed by atoms with Crippen LogP contribution in [0.25, 0.3) is 0 Å². The van der Waals surface area contributed by atoms with E-state index in [1.807, 2.05) is 11.8 Å². The maximum Gasteiger partial charge on any atom is 0.134 e. The average molecular weight is 356 g/mol. The molecule has 5 nitrogen and oxygen atoms in total. The Bertz CT molecular complexity index is 716. The third kappa shape index (κ3) is 3.68. The summed E-state index contributed by atoms with van der Waals surface area (Å²) in [7, 11) is 2.18. The molecule has 0 aliphatic carbocycles. The number of aromatic nitrogens is 2. The third-order valence-corrected chi connectivity index (χ3v) is 6.06. The topological polar surface area (TPSA) is 44.3 Å². The van der Waals surface area contributed by atoms with Crippen molar-refractivity contribution in [2.45, 2.75) is 12.3 Å². The molecule has 6 heteroatoms. The van der Waals surface area contributed by atoms with Crippen molar-refractivity contribution >= 4 is 29.1 Å². The summed E-state index contributed by atoms with van der Waals surface area (Å²) < 4.78 is 0. The van der Waals surface area contributed by atoms with Crippen LogP contribution in [-0.4, -0.2) is 54.7 Å². The monoisotopic (exact) mass is 355 g/mol. The first kappa shape index (κ1) is 16.5. The zero-order chi connectivity index (χ0) is 17.1. The lowest BCUT2D eigenvalue weighted by Gasteiger charge is -2.33. The van der Waals surface area contributed by atoms with E-state index in [0.717, 1.165) is 37.8 Å². The lowest BCUT2D eigenvalue weighted by atomic mass is 9.90. The smallest absolute Gasteiger partial charge is 0.134 e. The van der Waals surface area contributed by atoms with Crippen molar-refractivity contribution in [2.24, 2.45) is 0 Å². The molecule has 1 fully saturated rings. The third-order valence-electron chi connectivity index (χ3n) is 5.12. The van der Waals surface area contributed by atoms with Crippen LogP contribution < -0.4 is 15.1 Å². The molecule has 2 aromatic rings. The Morgan fingerprint density at radius 3 is 2.88 bits per heavy atom. The Morgan fingerprint density at radius 2 is 2.00 bits per heavy atom. The summed E-state index contributed by atoms with van der Waals surface area (Å²) in [6.45, 7) is 4.16. The summed E-state index contributed by atoms with van der Waals surface area (Å²) in [5.74, 6) is 4.86. The zero-order valence-electron chi connectivity index (χ0n) is 14.7. The van der Waals surface area contributed by atoms with Gasteiger partial charge in [0, 0.05) is 62.4 Å². The largest absolute Gasteiger partial charge is 0.374 e. The highest BCUT2D eigenvalue weighted by Gasteiger charge is 2.22. The van der Waals surface area contributed by atoms with Gasteiger partial charge in [0.1, 0.15) is 18.0 Å². The minimum absolute atomic E-state index is 0.525. The highest BCUT2D eigenvalue weighted by Crippen LogP contribution is 2.34. The minimum Gasteiger partial charge on any atom is -0.374 e. The molecule has 1 aromatic carbocycles. The molecule has 3 heterocycles. The molecule has 2 aliphatic heterocycles. The SMILES string of the molecule is CN1CCC(CNc2cc(N3CCSCC3)ncn2)c2ccccc21. The van der Waals surface area contributed by atoms with Crippen LogP contribution in [0.5, 0.6) is 0 Å². The lowest BCUT2D eigenvalue weighted by Crippen LogP contribution is -2.33. The van der Waals surface area contributed by atoms with Gasteiger partial charge in [-0.15, -0.1) is 0 Å². The fourth-order valence-corrected chi connectivity index (χ4v) is 4.56. The minimum atomic E-state index is 0.525. The van der Waals surface area contributed by atoms with Crippen molar-refractivity contribution in [2.75, 3.05) is 59.8 Å². The number of hydrogen-bond acceptors (Lipinski definition) is 6. The Morgan fingerprint density at radius 1 is 1.16 bits per heavy atom. The second-order valence-electron chi connectivity index (χ2n) is 6.71. The van der Waals surface area contributed by atoms with E-state index in [2.05, 4.69) is 62.5 Å². The predicted molar refractivity (Wildman–Crippen MR) is 107 cm³/mol. The molecule has 25 heavy (non-hydrogen) atoms. The van der Waals surface area contributed by atoms with Gasteiger partial charge in [-0.3, -0.25) is 0 Å². The maximum absolute atomic E-state index is 4.46. The number of anilines is 3. The van der Waals surface area contributed by atoms with E-state index in [1.165, 1.54) is 29.2 Å². The van der Waals surface area contributed by atoms with Gasteiger partial charge in [-0.25, -0.2) is 9.97 Å². The van der Waals surface area contributed by atoms with E-state index in [1.54, 1.807) is 6.33 Å². The van der Waals surface area contributed by atoms with Crippen molar-refractivity contribution in [3.05, 3.63) is 42.2 Å². The number of fused-ring (bicyclic) bond motifs is 1. The van der Waals surface area contributed by atoms with Gasteiger partial charge in [0.05, 0.1) is 0 Å². The van der Waals surface area contributed by atoms with Crippen LogP contribution in [-0.2, 0) is 0 Å². The standard InChI is InChI=1S/C19H25N5S/c1-23-7-6-15(16-4-2-3-5-17(16)23)13-20-18-12-19(22-14-21-18)24-8-10-25-11-9-24/h2-5,12,14-15H,6-11,13H2,1H3,(H,20,21,22). The fraction of sp³-hybridized carbons (Fsp3) is 0.474. The maximum atomic E-state index is 4.46. The molecule has 2 aliphatic rings. The van der Waals surface area contributed by atoms with Gasteiger partial charge in [0.25, 0.3) is 0 Å². The van der Waals surface area contributed by atoms with Crippen LogP contribution in [0.3, 0.4) is 0 Å². The van der Waals surface area contributed by atoms with Crippen LogP contribution in [0, 0.1) is 0 Å². The van der Waals surface area contributed by atoms with Gasteiger partial charge in [-0.2, -0.15) is 11.8 Å². The summed E-state index contributed by atoms with van der Waals surface area (Å²) in [6, 6.07) is 10.8. The second kappa shape index (κ2) is 7.52. The van der Waals surface area contributed by atoms with Gasteiger partial charge in [0.2, 0.25) is 0 Å². The molecular formula is C19H25N5S. The molecular weight excluding hydrogens is 330 g/mol. The molecule has 0 radical (unpaired) electrons. The van der Waals surface area contributed by atoms with Gasteiger partial charge in [-0.05, 0) is 18.1 Å². The van der Waals surface area contributed by atoms with Gasteiger partial charge in [0.15, 0.2) is 0 Å². The highest BCUT2D eigenvalue weighted by molar-refractivity contribution is 7.99. The van der Waals surface area contributed by atoms with Crippen LogP contribution in [0.4, 0.5) is 17.3 Å². The van der Waals surface area contributed by atoms with Crippen LogP contribution in [0.1, 0.15) is 17.9 Å². The Hall–Kier alpha value is -1.95. The first-order valence-corrected chi connectivity index (χ1v) is 10.2. The van der Waals surface area contributed by atoms with Crippen LogP contribution >= 0.6 is 11.8 Å². The van der Waals surface area contributed by atoms with Crippen molar-refractivity contribution in [3.8, 4) is 0 Å². The molecule has 1 atom stereocenters. The van der Waals surface area contributed by atoms with Crippen molar-refractivity contribution in [1.29, 1.82) is 0 Å². The van der Waals surface area contributed by atoms with E-state index in [9.17, 15) is 0 Å². The van der Waals surface area contributed by atoms with E-state index in [0.29, 0.717) is 5.92 Å². The molecule has 1 saturated heterocycles. The second-order valence-corrected chi connectivity index (χ2v) is 7.93. The Kier molecular flexibility index (Phi) is 4.97. The first-order chi connectivity index (χ1) is 12.3. The first-order valence-electron chi connectivity index (χ1n) is 9.00. The number of nitrogens with one attached hydrogen (secondary N) is 1. The summed E-state index contributed by atoms with van der Waals surface area (Å²) in [5.41, 5.74) is 2.79. The number of thioether (sulfide) groups is 1. The van der Waals surface area contributed by atoms with Crippen molar-refractivity contribution in [1.82, 2.24) is 9.97 Å². The molecule has 0 saturated carbocycles. The van der Waals surface area contributed by atoms with Crippen molar-refractivity contribution < 1.29 is 0 Å². The molecule has 132 valence electrons. The van der Waals surface area contributed by atoms with Crippen LogP contribution in [0.2, 0.25) is 0 Å². The molecule has 0 bridgehead atoms. The number of rotatable bonds is 4. The fourth-order valence-electron chi connectivity index (χ4n) is 3.65. The predicted octanol–water partition coefficient (Wildman–Crippen LogP) is 3.07. The quantitative estimate of drug-likeness (QED) is 0.909. The molecule has 1 N–H and O–H groups in total. The van der Waals surface area contributed by atoms with E-state index >= 15 is 0 Å². The van der Waals surface area contributed by atoms with E-state index in [-0.39, 0.29) is 0 Å². The molecule has 0 spiro atoms. The lowest BCUT2D eigenvalue weighted by molar-refractivity contribution is 0.613. The van der Waals surface area contributed by atoms with Gasteiger partial charge >= 0.3 is 0 Å².